The highest BCUT2D eigenvalue weighted by molar-refractivity contribution is 7.93. The van der Waals surface area contributed by atoms with E-state index < -0.39 is 6.89 Å². The minimum atomic E-state index is -2.03. The van der Waals surface area contributed by atoms with Crippen LogP contribution in [-0.4, -0.2) is 10.9 Å². The smallest absolute Gasteiger partial charge is 0.0541 e. The molecule has 0 radical (unpaired) electrons. The van der Waals surface area contributed by atoms with Crippen molar-refractivity contribution in [2.24, 2.45) is 0 Å². The maximum Gasteiger partial charge on any atom is 0.0541 e. The zero-order valence-electron chi connectivity index (χ0n) is 18.3. The summed E-state index contributed by atoms with van der Waals surface area (Å²) in [6, 6.07) is 47.8. The second-order valence-electron chi connectivity index (χ2n) is 8.37. The SMILES string of the molecule is C=P(c1ccccc1)(c1ccccc1)c1ccc2c(c1)c1ccccc1n2-c1ccccc1. The van der Waals surface area contributed by atoms with Gasteiger partial charge in [0.25, 0.3) is 0 Å². The van der Waals surface area contributed by atoms with Gasteiger partial charge in [-0.15, -0.1) is 0 Å². The number of fused-ring (bicyclic) bond motifs is 3. The molecular weight excluding hydrogens is 417 g/mol. The molecule has 6 rings (SSSR count). The predicted octanol–water partition coefficient (Wildman–Crippen LogP) is 6.51. The lowest BCUT2D eigenvalue weighted by atomic mass is 10.1. The standard InChI is InChI=1S/C31H24NP/c1-33(25-15-7-3-8-16-25,26-17-9-4-10-18-26)27-21-22-31-29(23-27)28-19-11-12-20-30(28)32(31)24-13-5-2-6-14-24/h2-23H,1H2. The van der Waals surface area contributed by atoms with Gasteiger partial charge >= 0.3 is 0 Å². The summed E-state index contributed by atoms with van der Waals surface area (Å²) in [6.45, 7) is -2.03. The average Bonchev–Trinajstić information content (AvgIpc) is 3.23. The van der Waals surface area contributed by atoms with Crippen molar-refractivity contribution in [3.63, 3.8) is 0 Å². The molecule has 0 bridgehead atoms. The first-order valence-electron chi connectivity index (χ1n) is 11.2. The molecule has 0 aliphatic rings. The largest absolute Gasteiger partial charge is 0.309 e. The number of para-hydroxylation sites is 2. The summed E-state index contributed by atoms with van der Waals surface area (Å²) >= 11 is 0. The number of rotatable bonds is 4. The van der Waals surface area contributed by atoms with Crippen molar-refractivity contribution >= 4 is 50.9 Å². The second kappa shape index (κ2) is 7.96. The van der Waals surface area contributed by atoms with Crippen molar-refractivity contribution < 1.29 is 0 Å². The quantitative estimate of drug-likeness (QED) is 0.275. The van der Waals surface area contributed by atoms with Crippen LogP contribution in [0.4, 0.5) is 0 Å². The van der Waals surface area contributed by atoms with Gasteiger partial charge in [-0.1, -0.05) is 109 Å². The van der Waals surface area contributed by atoms with Crippen molar-refractivity contribution in [3.05, 3.63) is 133 Å². The van der Waals surface area contributed by atoms with Crippen LogP contribution >= 0.6 is 6.89 Å². The molecule has 0 aliphatic carbocycles. The van der Waals surface area contributed by atoms with E-state index >= 15 is 0 Å². The molecule has 2 heteroatoms. The monoisotopic (exact) mass is 441 g/mol. The third-order valence-electron chi connectivity index (χ3n) is 6.51. The van der Waals surface area contributed by atoms with Gasteiger partial charge in [-0.3, -0.25) is 0 Å². The zero-order chi connectivity index (χ0) is 22.3. The van der Waals surface area contributed by atoms with Gasteiger partial charge in [0.1, 0.15) is 0 Å². The highest BCUT2D eigenvalue weighted by atomic mass is 31.2. The fraction of sp³-hybridized carbons (Fsp3) is 0. The molecule has 0 N–H and O–H groups in total. The lowest BCUT2D eigenvalue weighted by Crippen LogP contribution is -2.25. The molecule has 158 valence electrons. The van der Waals surface area contributed by atoms with Crippen LogP contribution in [0.3, 0.4) is 0 Å². The topological polar surface area (TPSA) is 4.93 Å². The number of hydrogen-bond donors (Lipinski definition) is 0. The molecule has 0 fully saturated rings. The summed E-state index contributed by atoms with van der Waals surface area (Å²) in [4.78, 5) is 0. The molecule has 0 aliphatic heterocycles. The molecule has 1 aromatic heterocycles. The molecule has 6 aromatic rings. The fourth-order valence-electron chi connectivity index (χ4n) is 4.87. The molecule has 1 heterocycles. The molecule has 0 amide bonds. The van der Waals surface area contributed by atoms with Crippen LogP contribution in [0.2, 0.25) is 0 Å². The first-order chi connectivity index (χ1) is 16.3. The second-order valence-corrected chi connectivity index (χ2v) is 11.5. The van der Waals surface area contributed by atoms with Crippen molar-refractivity contribution in [2.45, 2.75) is 0 Å². The Labute approximate surface area is 194 Å². The average molecular weight is 442 g/mol. The van der Waals surface area contributed by atoms with Crippen LogP contribution in [0.5, 0.6) is 0 Å². The Hall–Kier alpha value is -3.80. The number of benzene rings is 5. The molecule has 0 saturated heterocycles. The highest BCUT2D eigenvalue weighted by Crippen LogP contribution is 2.43. The first-order valence-corrected chi connectivity index (χ1v) is 13.2. The van der Waals surface area contributed by atoms with Crippen LogP contribution < -0.4 is 15.9 Å². The van der Waals surface area contributed by atoms with Crippen LogP contribution in [0.25, 0.3) is 27.5 Å². The van der Waals surface area contributed by atoms with Crippen LogP contribution in [0.15, 0.2) is 133 Å². The summed E-state index contributed by atoms with van der Waals surface area (Å²) in [5.74, 6) is 0. The van der Waals surface area contributed by atoms with Gasteiger partial charge in [-0.25, -0.2) is 0 Å². The zero-order valence-corrected chi connectivity index (χ0v) is 19.2. The predicted molar refractivity (Wildman–Crippen MR) is 147 cm³/mol. The molecule has 0 spiro atoms. The Balaban J connectivity index is 1.67. The maximum absolute atomic E-state index is 4.94. The Bertz CT molecular complexity index is 1570. The van der Waals surface area contributed by atoms with Crippen LogP contribution in [0.1, 0.15) is 0 Å². The van der Waals surface area contributed by atoms with E-state index in [1.165, 1.54) is 43.4 Å². The minimum absolute atomic E-state index is 1.18. The van der Waals surface area contributed by atoms with Crippen molar-refractivity contribution in [1.29, 1.82) is 0 Å². The van der Waals surface area contributed by atoms with E-state index in [4.69, 9.17) is 6.30 Å². The van der Waals surface area contributed by atoms with Crippen molar-refractivity contribution in [2.75, 3.05) is 0 Å². The Morgan fingerprint density at radius 1 is 0.455 bits per heavy atom. The Morgan fingerprint density at radius 3 is 1.61 bits per heavy atom. The molecule has 0 atom stereocenters. The fourth-order valence-corrected chi connectivity index (χ4v) is 7.80. The number of hydrogen-bond acceptors (Lipinski definition) is 0. The van der Waals surface area contributed by atoms with Gasteiger partial charge < -0.3 is 4.57 Å². The molecule has 33 heavy (non-hydrogen) atoms. The molecule has 0 saturated carbocycles. The van der Waals surface area contributed by atoms with E-state index in [1.54, 1.807) is 0 Å². The summed E-state index contributed by atoms with van der Waals surface area (Å²) in [6.07, 6.45) is 4.94. The minimum Gasteiger partial charge on any atom is -0.309 e. The van der Waals surface area contributed by atoms with E-state index in [2.05, 4.69) is 138 Å². The third-order valence-corrected chi connectivity index (χ3v) is 10.0. The third kappa shape index (κ3) is 3.17. The Kier molecular flexibility index (Phi) is 4.79. The molecule has 0 unspecified atom stereocenters. The van der Waals surface area contributed by atoms with Crippen LogP contribution in [0, 0.1) is 0 Å². The normalized spacial score (nSPS) is 11.8. The lowest BCUT2D eigenvalue weighted by Gasteiger charge is -2.26. The van der Waals surface area contributed by atoms with Gasteiger partial charge in [0.2, 0.25) is 0 Å². The lowest BCUT2D eigenvalue weighted by molar-refractivity contribution is 1.18. The van der Waals surface area contributed by atoms with E-state index in [0.29, 0.717) is 0 Å². The van der Waals surface area contributed by atoms with Gasteiger partial charge in [0.15, 0.2) is 0 Å². The van der Waals surface area contributed by atoms with Gasteiger partial charge in [0, 0.05) is 16.5 Å². The van der Waals surface area contributed by atoms with Crippen LogP contribution in [-0.2, 0) is 0 Å². The van der Waals surface area contributed by atoms with E-state index in [1.807, 2.05) is 0 Å². The van der Waals surface area contributed by atoms with Gasteiger partial charge in [0.05, 0.1) is 11.0 Å². The van der Waals surface area contributed by atoms with E-state index in [0.717, 1.165) is 0 Å². The summed E-state index contributed by atoms with van der Waals surface area (Å²) < 4.78 is 2.36. The Morgan fingerprint density at radius 2 is 0.970 bits per heavy atom. The van der Waals surface area contributed by atoms with E-state index in [9.17, 15) is 0 Å². The first kappa shape index (κ1) is 19.9. The summed E-state index contributed by atoms with van der Waals surface area (Å²) in [5.41, 5.74) is 3.63. The van der Waals surface area contributed by atoms with Crippen molar-refractivity contribution in [1.82, 2.24) is 4.57 Å². The summed E-state index contributed by atoms with van der Waals surface area (Å²) in [7, 11) is 0. The van der Waals surface area contributed by atoms with Gasteiger partial charge in [-0.2, -0.15) is 0 Å². The van der Waals surface area contributed by atoms with Crippen molar-refractivity contribution in [3.8, 4) is 5.69 Å². The maximum atomic E-state index is 4.94. The van der Waals surface area contributed by atoms with E-state index in [-0.39, 0.29) is 0 Å². The molecule has 1 nitrogen and oxygen atoms in total. The number of aromatic nitrogens is 1. The summed E-state index contributed by atoms with van der Waals surface area (Å²) in [5, 5.41) is 6.42. The molecule has 5 aromatic carbocycles. The van der Waals surface area contributed by atoms with Gasteiger partial charge in [-0.05, 0) is 53.1 Å². The number of nitrogens with zero attached hydrogens (tertiary/aromatic N) is 1. The molecular formula is C31H24NP. The highest BCUT2D eigenvalue weighted by Gasteiger charge is 2.23.